The molecule has 6 heteroatoms. The molecule has 2 heterocycles. The summed E-state index contributed by atoms with van der Waals surface area (Å²) in [5, 5.41) is 4.90. The maximum absolute atomic E-state index is 13.3. The summed E-state index contributed by atoms with van der Waals surface area (Å²) < 4.78 is 0. The second-order valence-electron chi connectivity index (χ2n) is 7.89. The van der Waals surface area contributed by atoms with Crippen LogP contribution in [0.25, 0.3) is 0 Å². The molecule has 0 aromatic heterocycles. The number of nitrogens with one attached hydrogen (secondary N) is 1. The standard InChI is InChI=1S/C25H28N4O2/c1-25(13-7-8-16-28(25)2)24(30)29(31-3)18-19-11-12-21-22(17-19)26-14-15-27-23(21)20-9-5-4-6-10-20/h4-13,16-17,26H,14-15,18H2,1-3H3. The molecular formula is C25H28N4O2. The monoisotopic (exact) mass is 416 g/mol. The second-order valence-corrected chi connectivity index (χ2v) is 7.89. The van der Waals surface area contributed by atoms with Crippen LogP contribution < -0.4 is 5.32 Å². The fourth-order valence-corrected chi connectivity index (χ4v) is 3.88. The molecule has 160 valence electrons. The number of hydrogen-bond acceptors (Lipinski definition) is 5. The van der Waals surface area contributed by atoms with Crippen LogP contribution >= 0.6 is 0 Å². The molecule has 1 unspecified atom stereocenters. The predicted molar refractivity (Wildman–Crippen MR) is 124 cm³/mol. The Balaban J connectivity index is 1.59. The zero-order chi connectivity index (χ0) is 21.8. The molecule has 2 aromatic rings. The number of carbonyl (C=O) groups is 1. The number of anilines is 1. The van der Waals surface area contributed by atoms with Gasteiger partial charge in [0, 0.05) is 36.6 Å². The molecule has 2 aliphatic heterocycles. The van der Waals surface area contributed by atoms with Crippen LogP contribution in [-0.2, 0) is 16.2 Å². The number of aliphatic imine (C=N–C) groups is 1. The number of amides is 1. The minimum atomic E-state index is -0.790. The lowest BCUT2D eigenvalue weighted by Crippen LogP contribution is -2.53. The van der Waals surface area contributed by atoms with Crippen molar-refractivity contribution in [3.8, 4) is 0 Å². The first kappa shape index (κ1) is 20.9. The highest BCUT2D eigenvalue weighted by Gasteiger charge is 2.38. The van der Waals surface area contributed by atoms with Crippen molar-refractivity contribution in [1.29, 1.82) is 0 Å². The lowest BCUT2D eigenvalue weighted by Gasteiger charge is -2.38. The van der Waals surface area contributed by atoms with E-state index in [2.05, 4.69) is 29.6 Å². The molecule has 1 atom stereocenters. The van der Waals surface area contributed by atoms with E-state index in [1.807, 2.05) is 67.6 Å². The van der Waals surface area contributed by atoms with E-state index in [1.54, 1.807) is 0 Å². The SMILES string of the molecule is CON(Cc1ccc2c(c1)NCCN=C2c1ccccc1)C(=O)C1(C)C=CC=CN1C. The van der Waals surface area contributed by atoms with Gasteiger partial charge in [-0.2, -0.15) is 0 Å². The molecule has 31 heavy (non-hydrogen) atoms. The molecular weight excluding hydrogens is 388 g/mol. The zero-order valence-corrected chi connectivity index (χ0v) is 18.2. The summed E-state index contributed by atoms with van der Waals surface area (Å²) >= 11 is 0. The van der Waals surface area contributed by atoms with Crippen LogP contribution in [0, 0.1) is 0 Å². The number of hydrogen-bond donors (Lipinski definition) is 1. The van der Waals surface area contributed by atoms with Crippen LogP contribution in [-0.4, -0.2) is 54.4 Å². The van der Waals surface area contributed by atoms with Crippen molar-refractivity contribution < 1.29 is 9.63 Å². The predicted octanol–water partition coefficient (Wildman–Crippen LogP) is 3.61. The van der Waals surface area contributed by atoms with Crippen LogP contribution in [0.5, 0.6) is 0 Å². The number of allylic oxidation sites excluding steroid dienone is 2. The van der Waals surface area contributed by atoms with Gasteiger partial charge in [-0.05, 0) is 30.7 Å². The molecule has 0 saturated carbocycles. The summed E-state index contributed by atoms with van der Waals surface area (Å²) in [5.74, 6) is -0.118. The van der Waals surface area contributed by atoms with Gasteiger partial charge in [-0.1, -0.05) is 48.5 Å². The number of benzene rings is 2. The molecule has 4 rings (SSSR count). The van der Waals surface area contributed by atoms with Gasteiger partial charge < -0.3 is 10.2 Å². The zero-order valence-electron chi connectivity index (χ0n) is 18.2. The van der Waals surface area contributed by atoms with Gasteiger partial charge >= 0.3 is 0 Å². The molecule has 0 spiro atoms. The Morgan fingerprint density at radius 3 is 2.77 bits per heavy atom. The van der Waals surface area contributed by atoms with Crippen molar-refractivity contribution in [2.75, 3.05) is 32.6 Å². The third kappa shape index (κ3) is 4.11. The van der Waals surface area contributed by atoms with Gasteiger partial charge in [0.25, 0.3) is 5.91 Å². The molecule has 6 nitrogen and oxygen atoms in total. The Morgan fingerprint density at radius 2 is 2.03 bits per heavy atom. The lowest BCUT2D eigenvalue weighted by atomic mass is 9.96. The average molecular weight is 417 g/mol. The van der Waals surface area contributed by atoms with Crippen molar-refractivity contribution in [3.63, 3.8) is 0 Å². The Bertz CT molecular complexity index is 1040. The minimum Gasteiger partial charge on any atom is -0.383 e. The van der Waals surface area contributed by atoms with E-state index in [1.165, 1.54) is 12.2 Å². The summed E-state index contributed by atoms with van der Waals surface area (Å²) in [4.78, 5) is 25.5. The number of fused-ring (bicyclic) bond motifs is 1. The van der Waals surface area contributed by atoms with E-state index in [0.717, 1.165) is 34.6 Å². The molecule has 0 radical (unpaired) electrons. The van der Waals surface area contributed by atoms with Crippen molar-refractivity contribution in [3.05, 3.63) is 89.6 Å². The van der Waals surface area contributed by atoms with Gasteiger partial charge in [-0.3, -0.25) is 14.6 Å². The number of likely N-dealkylation sites (N-methyl/N-ethyl adjacent to an activating group) is 1. The maximum Gasteiger partial charge on any atom is 0.276 e. The Morgan fingerprint density at radius 1 is 1.23 bits per heavy atom. The van der Waals surface area contributed by atoms with Gasteiger partial charge in [0.2, 0.25) is 0 Å². The number of hydroxylamine groups is 2. The normalized spacial score (nSPS) is 19.8. The Labute approximate surface area is 183 Å². The van der Waals surface area contributed by atoms with Crippen molar-refractivity contribution in [2.45, 2.75) is 19.0 Å². The maximum atomic E-state index is 13.3. The quantitative estimate of drug-likeness (QED) is 0.757. The van der Waals surface area contributed by atoms with Crippen molar-refractivity contribution in [1.82, 2.24) is 9.96 Å². The van der Waals surface area contributed by atoms with Gasteiger partial charge in [0.05, 0.1) is 25.9 Å². The molecule has 0 bridgehead atoms. The minimum absolute atomic E-state index is 0.118. The largest absolute Gasteiger partial charge is 0.383 e. The van der Waals surface area contributed by atoms with Crippen molar-refractivity contribution >= 4 is 17.3 Å². The average Bonchev–Trinajstić information content (AvgIpc) is 3.01. The first-order valence-electron chi connectivity index (χ1n) is 10.4. The number of rotatable bonds is 5. The van der Waals surface area contributed by atoms with E-state index in [9.17, 15) is 4.79 Å². The molecule has 2 aliphatic rings. The van der Waals surface area contributed by atoms with E-state index < -0.39 is 5.54 Å². The fourth-order valence-electron chi connectivity index (χ4n) is 3.88. The molecule has 0 saturated heterocycles. The number of carbonyl (C=O) groups excluding carboxylic acids is 1. The summed E-state index contributed by atoms with van der Waals surface area (Å²) in [6, 6.07) is 16.4. The molecule has 0 fully saturated rings. The van der Waals surface area contributed by atoms with Crippen LogP contribution in [0.15, 0.2) is 78.0 Å². The summed E-state index contributed by atoms with van der Waals surface area (Å²) in [6.45, 7) is 3.72. The van der Waals surface area contributed by atoms with Gasteiger partial charge in [0.15, 0.2) is 0 Å². The number of nitrogens with zero attached hydrogens (tertiary/aromatic N) is 3. The second kappa shape index (κ2) is 8.78. The van der Waals surface area contributed by atoms with Gasteiger partial charge in [-0.15, -0.1) is 0 Å². The first-order valence-corrected chi connectivity index (χ1v) is 10.4. The summed E-state index contributed by atoms with van der Waals surface area (Å²) in [6.07, 6.45) is 7.59. The van der Waals surface area contributed by atoms with Crippen LogP contribution in [0.1, 0.15) is 23.6 Å². The van der Waals surface area contributed by atoms with Crippen LogP contribution in [0.2, 0.25) is 0 Å². The van der Waals surface area contributed by atoms with E-state index in [0.29, 0.717) is 13.1 Å². The number of benzodiazepines with no additional fused rings is 1. The lowest BCUT2D eigenvalue weighted by molar-refractivity contribution is -0.187. The van der Waals surface area contributed by atoms with Crippen LogP contribution in [0.4, 0.5) is 5.69 Å². The Kier molecular flexibility index (Phi) is 5.91. The molecule has 0 aliphatic carbocycles. The van der Waals surface area contributed by atoms with E-state index in [-0.39, 0.29) is 5.91 Å². The summed E-state index contributed by atoms with van der Waals surface area (Å²) in [5.41, 5.74) is 4.36. The molecule has 2 aromatic carbocycles. The van der Waals surface area contributed by atoms with E-state index >= 15 is 0 Å². The van der Waals surface area contributed by atoms with Crippen molar-refractivity contribution in [2.24, 2.45) is 4.99 Å². The van der Waals surface area contributed by atoms with Gasteiger partial charge in [0.1, 0.15) is 5.54 Å². The highest BCUT2D eigenvalue weighted by atomic mass is 16.7. The Hall–Kier alpha value is -3.38. The first-order chi connectivity index (χ1) is 15.0. The smallest absolute Gasteiger partial charge is 0.276 e. The van der Waals surface area contributed by atoms with Crippen LogP contribution in [0.3, 0.4) is 0 Å². The fraction of sp³-hybridized carbons (Fsp3) is 0.280. The highest BCUT2D eigenvalue weighted by Crippen LogP contribution is 2.27. The third-order valence-electron chi connectivity index (χ3n) is 5.86. The van der Waals surface area contributed by atoms with E-state index in [4.69, 9.17) is 9.83 Å². The topological polar surface area (TPSA) is 57.2 Å². The van der Waals surface area contributed by atoms with Gasteiger partial charge in [-0.25, -0.2) is 5.06 Å². The molecule has 1 amide bonds. The summed E-state index contributed by atoms with van der Waals surface area (Å²) in [7, 11) is 3.42. The highest BCUT2D eigenvalue weighted by molar-refractivity contribution is 6.16. The molecule has 1 N–H and O–H groups in total. The third-order valence-corrected chi connectivity index (χ3v) is 5.86.